The van der Waals surface area contributed by atoms with Gasteiger partial charge in [-0.05, 0) is 37.0 Å². The van der Waals surface area contributed by atoms with Gasteiger partial charge in [0.2, 0.25) is 0 Å². The summed E-state index contributed by atoms with van der Waals surface area (Å²) in [6.45, 7) is 2.26. The summed E-state index contributed by atoms with van der Waals surface area (Å²) in [6.07, 6.45) is 4.39. The van der Waals surface area contributed by atoms with Crippen molar-refractivity contribution in [3.63, 3.8) is 0 Å². The predicted octanol–water partition coefficient (Wildman–Crippen LogP) is 3.18. The quantitative estimate of drug-likeness (QED) is 0.846. The van der Waals surface area contributed by atoms with Crippen LogP contribution in [0.15, 0.2) is 24.3 Å². The lowest BCUT2D eigenvalue weighted by molar-refractivity contribution is 0.126. The third-order valence-corrected chi connectivity index (χ3v) is 3.95. The lowest BCUT2D eigenvalue weighted by Gasteiger charge is -2.42. The largest absolute Gasteiger partial charge is 0.394 e. The number of halogens is 1. The van der Waals surface area contributed by atoms with E-state index in [1.54, 1.807) is 6.07 Å². The van der Waals surface area contributed by atoms with Crippen molar-refractivity contribution in [1.82, 2.24) is 0 Å². The molecule has 17 heavy (non-hydrogen) atoms. The predicted molar refractivity (Wildman–Crippen MR) is 67.5 cm³/mol. The highest BCUT2D eigenvalue weighted by Gasteiger charge is 2.37. The Labute approximate surface area is 102 Å². The Balaban J connectivity index is 2.18. The smallest absolute Gasteiger partial charge is 0.125 e. The summed E-state index contributed by atoms with van der Waals surface area (Å²) < 4.78 is 13.1. The van der Waals surface area contributed by atoms with Crippen molar-refractivity contribution in [1.29, 1.82) is 0 Å². The first-order valence-corrected chi connectivity index (χ1v) is 6.31. The molecule has 0 saturated heterocycles. The van der Waals surface area contributed by atoms with Gasteiger partial charge in [0, 0.05) is 5.69 Å². The second-order valence-electron chi connectivity index (χ2n) is 5.10. The number of nitrogens with one attached hydrogen (secondary N) is 1. The molecule has 2 nitrogen and oxygen atoms in total. The molecule has 0 bridgehead atoms. The van der Waals surface area contributed by atoms with Gasteiger partial charge < -0.3 is 10.4 Å². The molecule has 2 N–H and O–H groups in total. The zero-order chi connectivity index (χ0) is 12.3. The van der Waals surface area contributed by atoms with Crippen LogP contribution < -0.4 is 5.32 Å². The maximum atomic E-state index is 13.1. The van der Waals surface area contributed by atoms with Gasteiger partial charge in [-0.3, -0.25) is 0 Å². The van der Waals surface area contributed by atoms with Crippen molar-refractivity contribution in [2.45, 2.75) is 38.1 Å². The standard InChI is InChI=1S/C14H20FNO/c1-11-5-2-3-8-14(11,10-17)16-13-7-4-6-12(15)9-13/h4,6-7,9,11,16-17H,2-3,5,8,10H2,1H3. The number of aliphatic hydroxyl groups excluding tert-OH is 1. The molecule has 94 valence electrons. The fourth-order valence-corrected chi connectivity index (χ4v) is 2.73. The van der Waals surface area contributed by atoms with Crippen LogP contribution in [-0.4, -0.2) is 17.3 Å². The first-order valence-electron chi connectivity index (χ1n) is 6.31. The first kappa shape index (κ1) is 12.4. The molecule has 0 spiro atoms. The van der Waals surface area contributed by atoms with Crippen molar-refractivity contribution in [2.24, 2.45) is 5.92 Å². The maximum Gasteiger partial charge on any atom is 0.125 e. The minimum atomic E-state index is -0.286. The van der Waals surface area contributed by atoms with E-state index in [1.807, 2.05) is 6.07 Å². The lowest BCUT2D eigenvalue weighted by Crippen LogP contribution is -2.49. The average Bonchev–Trinajstić information content (AvgIpc) is 2.32. The van der Waals surface area contributed by atoms with E-state index in [2.05, 4.69) is 12.2 Å². The van der Waals surface area contributed by atoms with E-state index >= 15 is 0 Å². The topological polar surface area (TPSA) is 32.3 Å². The fourth-order valence-electron chi connectivity index (χ4n) is 2.73. The molecular formula is C14H20FNO. The van der Waals surface area contributed by atoms with E-state index in [0.29, 0.717) is 5.92 Å². The third-order valence-electron chi connectivity index (χ3n) is 3.95. The van der Waals surface area contributed by atoms with E-state index in [1.165, 1.54) is 18.6 Å². The van der Waals surface area contributed by atoms with E-state index in [9.17, 15) is 9.50 Å². The molecule has 2 unspecified atom stereocenters. The molecule has 1 saturated carbocycles. The maximum absolute atomic E-state index is 13.1. The monoisotopic (exact) mass is 237 g/mol. The van der Waals surface area contributed by atoms with Gasteiger partial charge in [0.15, 0.2) is 0 Å². The Morgan fingerprint density at radius 2 is 2.29 bits per heavy atom. The minimum Gasteiger partial charge on any atom is -0.394 e. The average molecular weight is 237 g/mol. The Bertz CT molecular complexity index is 382. The van der Waals surface area contributed by atoms with Crippen LogP contribution >= 0.6 is 0 Å². The van der Waals surface area contributed by atoms with Crippen LogP contribution in [0.2, 0.25) is 0 Å². The molecule has 1 aromatic rings. The molecule has 1 aliphatic rings. The number of anilines is 1. The van der Waals surface area contributed by atoms with Crippen LogP contribution in [0.25, 0.3) is 0 Å². The molecule has 1 fully saturated rings. The van der Waals surface area contributed by atoms with Crippen molar-refractivity contribution in [3.8, 4) is 0 Å². The van der Waals surface area contributed by atoms with Crippen LogP contribution in [0.5, 0.6) is 0 Å². The second kappa shape index (κ2) is 5.05. The second-order valence-corrected chi connectivity index (χ2v) is 5.10. The number of benzene rings is 1. The van der Waals surface area contributed by atoms with Gasteiger partial charge >= 0.3 is 0 Å². The van der Waals surface area contributed by atoms with Crippen molar-refractivity contribution in [2.75, 3.05) is 11.9 Å². The zero-order valence-corrected chi connectivity index (χ0v) is 10.2. The normalized spacial score (nSPS) is 29.0. The van der Waals surface area contributed by atoms with Gasteiger partial charge in [0.25, 0.3) is 0 Å². The van der Waals surface area contributed by atoms with Gasteiger partial charge in [0.05, 0.1) is 12.1 Å². The molecule has 1 aliphatic carbocycles. The van der Waals surface area contributed by atoms with Crippen molar-refractivity contribution in [3.05, 3.63) is 30.1 Å². The summed E-state index contributed by atoms with van der Waals surface area (Å²) in [7, 11) is 0. The molecule has 3 heteroatoms. The third kappa shape index (κ3) is 2.60. The van der Waals surface area contributed by atoms with E-state index in [0.717, 1.165) is 24.9 Å². The van der Waals surface area contributed by atoms with Crippen LogP contribution in [0.4, 0.5) is 10.1 Å². The molecule has 1 aromatic carbocycles. The van der Waals surface area contributed by atoms with Gasteiger partial charge in [-0.2, -0.15) is 0 Å². The summed E-state index contributed by atoms with van der Waals surface area (Å²) in [5, 5.41) is 13.0. The Morgan fingerprint density at radius 3 is 2.94 bits per heavy atom. The van der Waals surface area contributed by atoms with Gasteiger partial charge in [-0.25, -0.2) is 4.39 Å². The van der Waals surface area contributed by atoms with Crippen LogP contribution in [0.1, 0.15) is 32.6 Å². The molecule has 0 amide bonds. The Morgan fingerprint density at radius 1 is 1.47 bits per heavy atom. The van der Waals surface area contributed by atoms with E-state index in [-0.39, 0.29) is 18.0 Å². The number of rotatable bonds is 3. The molecule has 0 aliphatic heterocycles. The Kier molecular flexibility index (Phi) is 3.67. The summed E-state index contributed by atoms with van der Waals surface area (Å²) in [6, 6.07) is 6.46. The van der Waals surface area contributed by atoms with Crippen LogP contribution in [-0.2, 0) is 0 Å². The van der Waals surface area contributed by atoms with Gasteiger partial charge in [0.1, 0.15) is 5.82 Å². The summed E-state index contributed by atoms with van der Waals surface area (Å²) >= 11 is 0. The molecule has 0 heterocycles. The van der Waals surface area contributed by atoms with Gasteiger partial charge in [-0.15, -0.1) is 0 Å². The number of aliphatic hydroxyl groups is 1. The van der Waals surface area contributed by atoms with Crippen LogP contribution in [0.3, 0.4) is 0 Å². The van der Waals surface area contributed by atoms with Gasteiger partial charge in [-0.1, -0.05) is 25.8 Å². The summed E-state index contributed by atoms with van der Waals surface area (Å²) in [4.78, 5) is 0. The SMILES string of the molecule is CC1CCCCC1(CO)Nc1cccc(F)c1. The van der Waals surface area contributed by atoms with Crippen LogP contribution in [0, 0.1) is 11.7 Å². The van der Waals surface area contributed by atoms with Crippen molar-refractivity contribution >= 4 is 5.69 Å². The highest BCUT2D eigenvalue weighted by atomic mass is 19.1. The molecular weight excluding hydrogens is 217 g/mol. The molecule has 2 atom stereocenters. The highest BCUT2D eigenvalue weighted by Crippen LogP contribution is 2.36. The first-order chi connectivity index (χ1) is 8.16. The number of hydrogen-bond acceptors (Lipinski definition) is 2. The zero-order valence-electron chi connectivity index (χ0n) is 10.2. The van der Waals surface area contributed by atoms with Crippen molar-refractivity contribution < 1.29 is 9.50 Å². The number of hydrogen-bond donors (Lipinski definition) is 2. The molecule has 0 radical (unpaired) electrons. The summed E-state index contributed by atoms with van der Waals surface area (Å²) in [5.41, 5.74) is 0.472. The fraction of sp³-hybridized carbons (Fsp3) is 0.571. The Hall–Kier alpha value is -1.09. The summed E-state index contributed by atoms with van der Waals surface area (Å²) in [5.74, 6) is 0.163. The molecule has 2 rings (SSSR count). The van der Waals surface area contributed by atoms with E-state index < -0.39 is 0 Å². The lowest BCUT2D eigenvalue weighted by atomic mass is 9.74. The van der Waals surface area contributed by atoms with E-state index in [4.69, 9.17) is 0 Å². The minimum absolute atomic E-state index is 0.102. The molecule has 0 aromatic heterocycles. The highest BCUT2D eigenvalue weighted by molar-refractivity contribution is 5.46.